The van der Waals surface area contributed by atoms with Crippen LogP contribution in [-0.2, 0) is 0 Å². The minimum atomic E-state index is 0.856. The molecule has 1 atom stereocenters. The fourth-order valence-electron chi connectivity index (χ4n) is 2.05. The van der Waals surface area contributed by atoms with Gasteiger partial charge in [-0.2, -0.15) is 0 Å². The van der Waals surface area contributed by atoms with Gasteiger partial charge in [-0.3, -0.25) is 0 Å². The van der Waals surface area contributed by atoms with E-state index in [1.54, 1.807) is 0 Å². The van der Waals surface area contributed by atoms with E-state index >= 15 is 0 Å². The first-order valence-electron chi connectivity index (χ1n) is 7.01. The van der Waals surface area contributed by atoms with Gasteiger partial charge in [-0.1, -0.05) is 51.0 Å². The number of nitrogens with two attached hydrogens (primary N) is 1. The summed E-state index contributed by atoms with van der Waals surface area (Å²) in [6.07, 6.45) is 12.0. The van der Waals surface area contributed by atoms with E-state index < -0.39 is 0 Å². The fraction of sp³-hybridized carbons (Fsp3) is 0.867. The van der Waals surface area contributed by atoms with Crippen molar-refractivity contribution in [1.29, 1.82) is 0 Å². The Labute approximate surface area is 102 Å². The molecule has 0 aliphatic rings. The summed E-state index contributed by atoms with van der Waals surface area (Å²) in [4.78, 5) is 0. The van der Waals surface area contributed by atoms with Crippen LogP contribution in [0.5, 0.6) is 0 Å². The largest absolute Gasteiger partial charge is 0.330 e. The summed E-state index contributed by atoms with van der Waals surface area (Å²) in [6.45, 7) is 9.31. The summed E-state index contributed by atoms with van der Waals surface area (Å²) in [5.41, 5.74) is 6.80. The standard InChI is InChI=1S/C15H31N/c1-14(2)10-6-4-7-11-15(3)12-8-5-9-13-16/h15H,1,4-13,16H2,2-3H3. The molecule has 96 valence electrons. The first-order chi connectivity index (χ1) is 7.66. The van der Waals surface area contributed by atoms with Gasteiger partial charge in [0.2, 0.25) is 0 Å². The molecule has 0 aromatic rings. The lowest BCUT2D eigenvalue weighted by atomic mass is 9.96. The first kappa shape index (κ1) is 15.7. The van der Waals surface area contributed by atoms with E-state index in [9.17, 15) is 0 Å². The van der Waals surface area contributed by atoms with Crippen molar-refractivity contribution in [2.24, 2.45) is 11.7 Å². The van der Waals surface area contributed by atoms with Gasteiger partial charge in [-0.05, 0) is 38.6 Å². The Morgan fingerprint density at radius 1 is 1.00 bits per heavy atom. The molecule has 1 nitrogen and oxygen atoms in total. The summed E-state index contributed by atoms with van der Waals surface area (Å²) in [5.74, 6) is 0.905. The third-order valence-corrected chi connectivity index (χ3v) is 3.20. The Morgan fingerprint density at radius 3 is 2.06 bits per heavy atom. The number of hydrogen-bond donors (Lipinski definition) is 1. The van der Waals surface area contributed by atoms with E-state index in [0.29, 0.717) is 0 Å². The van der Waals surface area contributed by atoms with Gasteiger partial charge in [-0.15, -0.1) is 6.58 Å². The van der Waals surface area contributed by atoms with Crippen LogP contribution in [0.2, 0.25) is 0 Å². The molecule has 0 saturated carbocycles. The molecule has 0 spiro atoms. The molecule has 0 amide bonds. The molecule has 2 N–H and O–H groups in total. The van der Waals surface area contributed by atoms with E-state index in [1.807, 2.05) is 0 Å². The monoisotopic (exact) mass is 225 g/mol. The van der Waals surface area contributed by atoms with Crippen LogP contribution in [-0.4, -0.2) is 6.54 Å². The molecule has 0 bridgehead atoms. The second-order valence-electron chi connectivity index (χ2n) is 5.30. The van der Waals surface area contributed by atoms with E-state index in [4.69, 9.17) is 5.73 Å². The molecule has 1 heteroatoms. The third kappa shape index (κ3) is 11.8. The Balaban J connectivity index is 3.17. The average molecular weight is 225 g/mol. The van der Waals surface area contributed by atoms with Crippen LogP contribution in [0, 0.1) is 5.92 Å². The van der Waals surface area contributed by atoms with Crippen molar-refractivity contribution in [3.8, 4) is 0 Å². The highest BCUT2D eigenvalue weighted by Gasteiger charge is 2.01. The van der Waals surface area contributed by atoms with E-state index in [2.05, 4.69) is 20.4 Å². The van der Waals surface area contributed by atoms with Gasteiger partial charge in [0, 0.05) is 0 Å². The van der Waals surface area contributed by atoms with E-state index in [1.165, 1.54) is 63.4 Å². The lowest BCUT2D eigenvalue weighted by Gasteiger charge is -2.10. The van der Waals surface area contributed by atoms with E-state index in [-0.39, 0.29) is 0 Å². The molecular formula is C15H31N. The van der Waals surface area contributed by atoms with Crippen molar-refractivity contribution < 1.29 is 0 Å². The van der Waals surface area contributed by atoms with E-state index in [0.717, 1.165) is 12.5 Å². The third-order valence-electron chi connectivity index (χ3n) is 3.20. The van der Waals surface area contributed by atoms with Crippen molar-refractivity contribution >= 4 is 0 Å². The van der Waals surface area contributed by atoms with Crippen molar-refractivity contribution in [3.05, 3.63) is 12.2 Å². The molecule has 0 aliphatic heterocycles. The lowest BCUT2D eigenvalue weighted by Crippen LogP contribution is -1.99. The summed E-state index contributed by atoms with van der Waals surface area (Å²) < 4.78 is 0. The van der Waals surface area contributed by atoms with Crippen molar-refractivity contribution in [1.82, 2.24) is 0 Å². The van der Waals surface area contributed by atoms with Crippen molar-refractivity contribution in [2.45, 2.75) is 71.6 Å². The molecule has 0 saturated heterocycles. The molecule has 0 rings (SSSR count). The number of allylic oxidation sites excluding steroid dienone is 1. The molecule has 0 aromatic heterocycles. The number of rotatable bonds is 11. The quantitative estimate of drug-likeness (QED) is 0.401. The Hall–Kier alpha value is -0.300. The lowest BCUT2D eigenvalue weighted by molar-refractivity contribution is 0.438. The van der Waals surface area contributed by atoms with Crippen molar-refractivity contribution in [2.75, 3.05) is 6.54 Å². The molecule has 0 fully saturated rings. The second kappa shape index (κ2) is 11.2. The Bertz CT molecular complexity index is 163. The zero-order chi connectivity index (χ0) is 12.2. The molecule has 0 aliphatic carbocycles. The van der Waals surface area contributed by atoms with Crippen molar-refractivity contribution in [3.63, 3.8) is 0 Å². The number of unbranched alkanes of at least 4 members (excludes halogenated alkanes) is 4. The highest BCUT2D eigenvalue weighted by atomic mass is 14.5. The van der Waals surface area contributed by atoms with Crippen LogP contribution in [0.1, 0.15) is 71.6 Å². The predicted octanol–water partition coefficient (Wildman–Crippen LogP) is 4.67. The Morgan fingerprint density at radius 2 is 1.56 bits per heavy atom. The highest BCUT2D eigenvalue weighted by Crippen LogP contribution is 2.17. The second-order valence-corrected chi connectivity index (χ2v) is 5.30. The predicted molar refractivity (Wildman–Crippen MR) is 74.6 cm³/mol. The van der Waals surface area contributed by atoms with Gasteiger partial charge in [-0.25, -0.2) is 0 Å². The maximum absolute atomic E-state index is 5.48. The van der Waals surface area contributed by atoms with Crippen LogP contribution >= 0.6 is 0 Å². The van der Waals surface area contributed by atoms with Gasteiger partial charge in [0.25, 0.3) is 0 Å². The minimum Gasteiger partial charge on any atom is -0.330 e. The SMILES string of the molecule is C=C(C)CCCCCC(C)CCCCCN. The van der Waals surface area contributed by atoms with Crippen LogP contribution in [0.3, 0.4) is 0 Å². The number of hydrogen-bond acceptors (Lipinski definition) is 1. The molecule has 0 heterocycles. The first-order valence-corrected chi connectivity index (χ1v) is 7.01. The zero-order valence-corrected chi connectivity index (χ0v) is 11.4. The molecular weight excluding hydrogens is 194 g/mol. The summed E-state index contributed by atoms with van der Waals surface area (Å²) in [7, 11) is 0. The van der Waals surface area contributed by atoms with Gasteiger partial charge in [0.05, 0.1) is 0 Å². The van der Waals surface area contributed by atoms with Gasteiger partial charge in [0.1, 0.15) is 0 Å². The molecule has 1 unspecified atom stereocenters. The molecule has 0 radical (unpaired) electrons. The maximum atomic E-state index is 5.48. The molecule has 16 heavy (non-hydrogen) atoms. The maximum Gasteiger partial charge on any atom is -0.00773 e. The van der Waals surface area contributed by atoms with Gasteiger partial charge < -0.3 is 5.73 Å². The van der Waals surface area contributed by atoms with Gasteiger partial charge in [0.15, 0.2) is 0 Å². The molecule has 0 aromatic carbocycles. The summed E-state index contributed by atoms with van der Waals surface area (Å²) >= 11 is 0. The summed E-state index contributed by atoms with van der Waals surface area (Å²) in [5, 5.41) is 0. The minimum absolute atomic E-state index is 0.856. The highest BCUT2D eigenvalue weighted by molar-refractivity contribution is 4.86. The fourth-order valence-corrected chi connectivity index (χ4v) is 2.05. The summed E-state index contributed by atoms with van der Waals surface area (Å²) in [6, 6.07) is 0. The van der Waals surface area contributed by atoms with Crippen LogP contribution in [0.4, 0.5) is 0 Å². The normalized spacial score (nSPS) is 12.7. The average Bonchev–Trinajstić information content (AvgIpc) is 2.23. The topological polar surface area (TPSA) is 26.0 Å². The van der Waals surface area contributed by atoms with Gasteiger partial charge >= 0.3 is 0 Å². The van der Waals surface area contributed by atoms with Crippen LogP contribution in [0.15, 0.2) is 12.2 Å². The van der Waals surface area contributed by atoms with Crippen LogP contribution in [0.25, 0.3) is 0 Å². The van der Waals surface area contributed by atoms with Crippen LogP contribution < -0.4 is 5.73 Å². The zero-order valence-electron chi connectivity index (χ0n) is 11.4. The smallest absolute Gasteiger partial charge is 0.00773 e. The Kier molecular flexibility index (Phi) is 11.0.